The zero-order valence-corrected chi connectivity index (χ0v) is 15.1. The third-order valence-corrected chi connectivity index (χ3v) is 6.01. The summed E-state index contributed by atoms with van der Waals surface area (Å²) in [5.41, 5.74) is 0.652. The Hall–Kier alpha value is -1.90. The number of hydrogen-bond acceptors (Lipinski definition) is 4. The minimum absolute atomic E-state index is 0.0755. The number of sulfonamides is 1. The molecule has 0 unspecified atom stereocenters. The SMILES string of the molecule is CSc1ccc(NC(=O)c2ccc(F)c(S(=O)(=O)NC3CC3)c2)cc1. The Morgan fingerprint density at radius 1 is 1.16 bits per heavy atom. The van der Waals surface area contributed by atoms with Gasteiger partial charge in [0.25, 0.3) is 5.91 Å². The zero-order valence-electron chi connectivity index (χ0n) is 13.5. The van der Waals surface area contributed by atoms with Crippen molar-refractivity contribution in [2.24, 2.45) is 0 Å². The van der Waals surface area contributed by atoms with Gasteiger partial charge in [-0.1, -0.05) is 0 Å². The Balaban J connectivity index is 1.81. The number of nitrogens with one attached hydrogen (secondary N) is 2. The first-order valence-electron chi connectivity index (χ1n) is 7.66. The number of benzene rings is 2. The van der Waals surface area contributed by atoms with Gasteiger partial charge in [-0.25, -0.2) is 17.5 Å². The Morgan fingerprint density at radius 2 is 1.84 bits per heavy atom. The summed E-state index contributed by atoms with van der Waals surface area (Å²) in [5.74, 6) is -1.38. The smallest absolute Gasteiger partial charge is 0.255 e. The molecule has 0 saturated heterocycles. The summed E-state index contributed by atoms with van der Waals surface area (Å²) in [5, 5.41) is 2.67. The molecular weight excluding hydrogens is 363 g/mol. The molecule has 0 bridgehead atoms. The predicted molar refractivity (Wildman–Crippen MR) is 95.9 cm³/mol. The molecule has 2 aromatic rings. The van der Waals surface area contributed by atoms with E-state index in [2.05, 4.69) is 10.0 Å². The average Bonchev–Trinajstić information content (AvgIpc) is 3.39. The monoisotopic (exact) mass is 380 g/mol. The van der Waals surface area contributed by atoms with E-state index in [1.54, 1.807) is 23.9 Å². The Bertz CT molecular complexity index is 895. The van der Waals surface area contributed by atoms with Crippen LogP contribution >= 0.6 is 11.8 Å². The lowest BCUT2D eigenvalue weighted by molar-refractivity contribution is 0.102. The predicted octanol–water partition coefficient (Wildman–Crippen LogP) is 3.24. The van der Waals surface area contributed by atoms with Gasteiger partial charge in [0, 0.05) is 22.2 Å². The van der Waals surface area contributed by atoms with Crippen LogP contribution in [0.5, 0.6) is 0 Å². The maximum atomic E-state index is 14.0. The van der Waals surface area contributed by atoms with Crippen molar-refractivity contribution in [2.75, 3.05) is 11.6 Å². The average molecular weight is 380 g/mol. The number of amides is 1. The molecule has 0 radical (unpaired) electrons. The van der Waals surface area contributed by atoms with Crippen molar-refractivity contribution in [3.8, 4) is 0 Å². The van der Waals surface area contributed by atoms with Gasteiger partial charge in [0.05, 0.1) is 0 Å². The van der Waals surface area contributed by atoms with E-state index in [1.807, 2.05) is 18.4 Å². The van der Waals surface area contributed by atoms with Gasteiger partial charge in [-0.15, -0.1) is 11.8 Å². The van der Waals surface area contributed by atoms with Crippen LogP contribution in [0.1, 0.15) is 23.2 Å². The molecule has 2 aromatic carbocycles. The molecular formula is C17H17FN2O3S2. The highest BCUT2D eigenvalue weighted by molar-refractivity contribution is 7.98. The van der Waals surface area contributed by atoms with E-state index in [4.69, 9.17) is 0 Å². The van der Waals surface area contributed by atoms with E-state index in [1.165, 1.54) is 6.07 Å². The maximum Gasteiger partial charge on any atom is 0.255 e. The van der Waals surface area contributed by atoms with Gasteiger partial charge >= 0.3 is 0 Å². The first-order chi connectivity index (χ1) is 11.9. The molecule has 1 saturated carbocycles. The van der Waals surface area contributed by atoms with Crippen molar-refractivity contribution in [3.63, 3.8) is 0 Å². The quantitative estimate of drug-likeness (QED) is 0.755. The fourth-order valence-electron chi connectivity index (χ4n) is 2.21. The summed E-state index contributed by atoms with van der Waals surface area (Å²) in [7, 11) is -3.97. The lowest BCUT2D eigenvalue weighted by atomic mass is 10.2. The van der Waals surface area contributed by atoms with Gasteiger partial charge in [-0.05, 0) is 61.6 Å². The van der Waals surface area contributed by atoms with Gasteiger partial charge in [0.15, 0.2) is 0 Å². The zero-order chi connectivity index (χ0) is 18.0. The normalized spacial score (nSPS) is 14.3. The molecule has 0 aliphatic heterocycles. The van der Waals surface area contributed by atoms with Crippen molar-refractivity contribution < 1.29 is 17.6 Å². The van der Waals surface area contributed by atoms with Gasteiger partial charge in [0.1, 0.15) is 10.7 Å². The number of carbonyl (C=O) groups excluding carboxylic acids is 1. The fraction of sp³-hybridized carbons (Fsp3) is 0.235. The molecule has 1 aliphatic rings. The third-order valence-electron chi connectivity index (χ3n) is 3.73. The Labute approximate surface area is 150 Å². The number of anilines is 1. The summed E-state index contributed by atoms with van der Waals surface area (Å²) in [6.07, 6.45) is 3.43. The molecule has 0 spiro atoms. The standard InChI is InChI=1S/C17H17FN2O3S2/c1-24-14-7-5-12(6-8-14)19-17(21)11-2-9-15(18)16(10-11)25(22,23)20-13-3-4-13/h2,5-10,13,20H,3-4H2,1H3,(H,19,21). The molecule has 5 nitrogen and oxygen atoms in total. The molecule has 1 fully saturated rings. The van der Waals surface area contributed by atoms with Crippen LogP contribution < -0.4 is 10.0 Å². The van der Waals surface area contributed by atoms with Gasteiger partial charge < -0.3 is 5.32 Å². The molecule has 1 aliphatic carbocycles. The van der Waals surface area contributed by atoms with Crippen LogP contribution in [0.4, 0.5) is 10.1 Å². The van der Waals surface area contributed by atoms with E-state index in [0.717, 1.165) is 29.9 Å². The van der Waals surface area contributed by atoms with E-state index in [9.17, 15) is 17.6 Å². The van der Waals surface area contributed by atoms with Gasteiger partial charge in [-0.2, -0.15) is 0 Å². The molecule has 132 valence electrons. The van der Waals surface area contributed by atoms with E-state index < -0.39 is 26.6 Å². The third kappa shape index (κ3) is 4.39. The first kappa shape index (κ1) is 17.9. The molecule has 0 heterocycles. The summed E-state index contributed by atoms with van der Waals surface area (Å²) in [4.78, 5) is 12.9. The molecule has 8 heteroatoms. The van der Waals surface area contributed by atoms with E-state index in [0.29, 0.717) is 5.69 Å². The van der Waals surface area contributed by atoms with Gasteiger partial charge in [-0.3, -0.25) is 4.79 Å². The van der Waals surface area contributed by atoms with Crippen molar-refractivity contribution in [1.29, 1.82) is 0 Å². The molecule has 1 amide bonds. The minimum atomic E-state index is -3.97. The highest BCUT2D eigenvalue weighted by Crippen LogP contribution is 2.24. The second-order valence-corrected chi connectivity index (χ2v) is 8.29. The van der Waals surface area contributed by atoms with Crippen LogP contribution in [-0.4, -0.2) is 26.6 Å². The van der Waals surface area contributed by atoms with Crippen LogP contribution in [0, 0.1) is 5.82 Å². The summed E-state index contributed by atoms with van der Waals surface area (Å²) >= 11 is 1.58. The molecule has 2 N–H and O–H groups in total. The maximum absolute atomic E-state index is 14.0. The van der Waals surface area contributed by atoms with Crippen molar-refractivity contribution in [1.82, 2.24) is 4.72 Å². The second-order valence-electron chi connectivity index (χ2n) is 5.72. The van der Waals surface area contributed by atoms with E-state index in [-0.39, 0.29) is 11.6 Å². The molecule has 25 heavy (non-hydrogen) atoms. The fourth-order valence-corrected chi connectivity index (χ4v) is 4.03. The number of thioether (sulfide) groups is 1. The van der Waals surface area contributed by atoms with Crippen LogP contribution in [-0.2, 0) is 10.0 Å². The van der Waals surface area contributed by atoms with Crippen LogP contribution in [0.15, 0.2) is 52.3 Å². The lowest BCUT2D eigenvalue weighted by Crippen LogP contribution is -2.27. The minimum Gasteiger partial charge on any atom is -0.322 e. The number of carbonyl (C=O) groups is 1. The molecule has 0 atom stereocenters. The summed E-state index contributed by atoms with van der Waals surface area (Å²) in [6, 6.07) is 10.4. The summed E-state index contributed by atoms with van der Waals surface area (Å²) in [6.45, 7) is 0. The van der Waals surface area contributed by atoms with Crippen LogP contribution in [0.3, 0.4) is 0 Å². The topological polar surface area (TPSA) is 75.3 Å². The van der Waals surface area contributed by atoms with Crippen molar-refractivity contribution >= 4 is 33.4 Å². The molecule has 0 aromatic heterocycles. The number of hydrogen-bond donors (Lipinski definition) is 2. The Kier molecular flexibility index (Phi) is 5.12. The highest BCUT2D eigenvalue weighted by Gasteiger charge is 2.30. The van der Waals surface area contributed by atoms with Crippen molar-refractivity contribution in [2.45, 2.75) is 28.7 Å². The largest absolute Gasteiger partial charge is 0.322 e. The van der Waals surface area contributed by atoms with Gasteiger partial charge in [0.2, 0.25) is 10.0 Å². The molecule has 3 rings (SSSR count). The lowest BCUT2D eigenvalue weighted by Gasteiger charge is -2.10. The first-order valence-corrected chi connectivity index (χ1v) is 10.4. The number of halogens is 1. The van der Waals surface area contributed by atoms with E-state index >= 15 is 0 Å². The van der Waals surface area contributed by atoms with Crippen molar-refractivity contribution in [3.05, 3.63) is 53.8 Å². The highest BCUT2D eigenvalue weighted by atomic mass is 32.2. The van der Waals surface area contributed by atoms with Crippen LogP contribution in [0.2, 0.25) is 0 Å². The second kappa shape index (κ2) is 7.15. The Morgan fingerprint density at radius 3 is 2.44 bits per heavy atom. The van der Waals surface area contributed by atoms with Crippen LogP contribution in [0.25, 0.3) is 0 Å². The summed E-state index contributed by atoms with van der Waals surface area (Å²) < 4.78 is 40.8. The number of rotatable bonds is 6.